The number of nitrogens with zero attached hydrogens (tertiary/aromatic N) is 1. The molecule has 0 saturated heterocycles. The van der Waals surface area contributed by atoms with E-state index in [0.717, 1.165) is 5.56 Å². The summed E-state index contributed by atoms with van der Waals surface area (Å²) < 4.78 is 19.0. The number of benzene rings is 2. The van der Waals surface area contributed by atoms with Gasteiger partial charge in [0.1, 0.15) is 5.82 Å². The summed E-state index contributed by atoms with van der Waals surface area (Å²) in [7, 11) is 3.29. The first-order valence-electron chi connectivity index (χ1n) is 7.14. The molecule has 0 fully saturated rings. The van der Waals surface area contributed by atoms with E-state index in [1.807, 2.05) is 19.1 Å². The number of hydrogen-bond acceptors (Lipinski definition) is 2. The molecule has 1 unspecified atom stereocenters. The lowest BCUT2D eigenvalue weighted by Gasteiger charge is -2.26. The van der Waals surface area contributed by atoms with Crippen LogP contribution in [0.2, 0.25) is 0 Å². The van der Waals surface area contributed by atoms with Gasteiger partial charge in [0.05, 0.1) is 12.6 Å². The molecule has 2 rings (SSSR count). The summed E-state index contributed by atoms with van der Waals surface area (Å²) in [5.41, 5.74) is 2.01. The molecule has 0 aliphatic heterocycles. The smallest absolute Gasteiger partial charge is 0.254 e. The Kier molecular flexibility index (Phi) is 5.28. The summed E-state index contributed by atoms with van der Waals surface area (Å²) in [5, 5.41) is 0. The molecular weight excluding hydrogens is 281 g/mol. The third kappa shape index (κ3) is 3.52. The van der Waals surface area contributed by atoms with Crippen LogP contribution in [0.15, 0.2) is 48.5 Å². The van der Waals surface area contributed by atoms with Crippen molar-refractivity contribution >= 4 is 5.91 Å². The van der Waals surface area contributed by atoms with E-state index in [2.05, 4.69) is 0 Å². The number of halogens is 1. The van der Waals surface area contributed by atoms with Gasteiger partial charge >= 0.3 is 0 Å². The van der Waals surface area contributed by atoms with Crippen LogP contribution in [-0.4, -0.2) is 25.0 Å². The lowest BCUT2D eigenvalue weighted by molar-refractivity contribution is 0.0740. The lowest BCUT2D eigenvalue weighted by Crippen LogP contribution is -2.30. The van der Waals surface area contributed by atoms with Crippen molar-refractivity contribution in [3.05, 3.63) is 71.0 Å². The zero-order valence-electron chi connectivity index (χ0n) is 13.0. The van der Waals surface area contributed by atoms with Gasteiger partial charge in [0.2, 0.25) is 0 Å². The van der Waals surface area contributed by atoms with Crippen molar-refractivity contribution in [2.75, 3.05) is 14.2 Å². The van der Waals surface area contributed by atoms with Gasteiger partial charge in [0.15, 0.2) is 0 Å². The highest BCUT2D eigenvalue weighted by Gasteiger charge is 2.21. The monoisotopic (exact) mass is 301 g/mol. The fourth-order valence-electron chi connectivity index (χ4n) is 2.36. The Balaban J connectivity index is 2.21. The van der Waals surface area contributed by atoms with Crippen molar-refractivity contribution in [2.24, 2.45) is 0 Å². The Morgan fingerprint density at radius 2 is 1.95 bits per heavy atom. The SMILES string of the molecule is COCc1cccc(C(=O)N(C)C(C)c2ccccc2F)c1. The van der Waals surface area contributed by atoms with E-state index >= 15 is 0 Å². The van der Waals surface area contributed by atoms with E-state index in [-0.39, 0.29) is 17.8 Å². The Labute approximate surface area is 130 Å². The van der Waals surface area contributed by atoms with E-state index in [1.165, 1.54) is 6.07 Å². The number of hydrogen-bond donors (Lipinski definition) is 0. The fourth-order valence-corrected chi connectivity index (χ4v) is 2.36. The second kappa shape index (κ2) is 7.18. The van der Waals surface area contributed by atoms with Gasteiger partial charge in [-0.05, 0) is 30.7 Å². The van der Waals surface area contributed by atoms with Crippen molar-refractivity contribution < 1.29 is 13.9 Å². The molecule has 3 nitrogen and oxygen atoms in total. The van der Waals surface area contributed by atoms with Gasteiger partial charge < -0.3 is 9.64 Å². The summed E-state index contributed by atoms with van der Waals surface area (Å²) >= 11 is 0. The van der Waals surface area contributed by atoms with Gasteiger partial charge in [-0.3, -0.25) is 4.79 Å². The quantitative estimate of drug-likeness (QED) is 0.840. The van der Waals surface area contributed by atoms with E-state index in [4.69, 9.17) is 4.74 Å². The van der Waals surface area contributed by atoms with Crippen molar-refractivity contribution in [2.45, 2.75) is 19.6 Å². The topological polar surface area (TPSA) is 29.5 Å². The Bertz CT molecular complexity index is 657. The molecule has 2 aromatic rings. The van der Waals surface area contributed by atoms with Crippen molar-refractivity contribution in [3.8, 4) is 0 Å². The predicted molar refractivity (Wildman–Crippen MR) is 84.1 cm³/mol. The Hall–Kier alpha value is -2.20. The third-order valence-corrected chi connectivity index (χ3v) is 3.74. The summed E-state index contributed by atoms with van der Waals surface area (Å²) in [6.45, 7) is 2.27. The Morgan fingerprint density at radius 1 is 1.23 bits per heavy atom. The van der Waals surface area contributed by atoms with Crippen LogP contribution in [0, 0.1) is 5.82 Å². The largest absolute Gasteiger partial charge is 0.380 e. The zero-order valence-corrected chi connectivity index (χ0v) is 13.0. The average molecular weight is 301 g/mol. The minimum absolute atomic E-state index is 0.145. The van der Waals surface area contributed by atoms with Crippen LogP contribution < -0.4 is 0 Å². The van der Waals surface area contributed by atoms with Gasteiger partial charge in [0, 0.05) is 25.3 Å². The maximum absolute atomic E-state index is 13.9. The van der Waals surface area contributed by atoms with E-state index < -0.39 is 0 Å². The molecule has 0 bridgehead atoms. The molecule has 1 atom stereocenters. The summed E-state index contributed by atoms with van der Waals surface area (Å²) in [4.78, 5) is 14.1. The molecule has 0 aliphatic rings. The molecule has 22 heavy (non-hydrogen) atoms. The standard InChI is InChI=1S/C18H20FNO2/c1-13(16-9-4-5-10-17(16)19)20(2)18(21)15-8-6-7-14(11-15)12-22-3/h4-11,13H,12H2,1-3H3. The van der Waals surface area contributed by atoms with E-state index in [1.54, 1.807) is 49.4 Å². The molecule has 1 amide bonds. The summed E-state index contributed by atoms with van der Waals surface area (Å²) in [5.74, 6) is -0.448. The number of ether oxygens (including phenoxy) is 1. The fraction of sp³-hybridized carbons (Fsp3) is 0.278. The molecule has 4 heteroatoms. The van der Waals surface area contributed by atoms with E-state index in [0.29, 0.717) is 17.7 Å². The molecule has 2 aromatic carbocycles. The third-order valence-electron chi connectivity index (χ3n) is 3.74. The summed E-state index contributed by atoms with van der Waals surface area (Å²) in [6.07, 6.45) is 0. The second-order valence-electron chi connectivity index (χ2n) is 5.25. The molecular formula is C18H20FNO2. The average Bonchev–Trinajstić information content (AvgIpc) is 2.54. The van der Waals surface area contributed by atoms with Gasteiger partial charge in [-0.2, -0.15) is 0 Å². The number of carbonyl (C=O) groups is 1. The van der Waals surface area contributed by atoms with Crippen LogP contribution in [-0.2, 0) is 11.3 Å². The zero-order chi connectivity index (χ0) is 16.1. The highest BCUT2D eigenvalue weighted by atomic mass is 19.1. The Morgan fingerprint density at radius 3 is 2.64 bits per heavy atom. The highest BCUT2D eigenvalue weighted by Crippen LogP contribution is 2.23. The molecule has 0 spiro atoms. The molecule has 0 aromatic heterocycles. The normalized spacial score (nSPS) is 12.0. The van der Waals surface area contributed by atoms with Crippen LogP contribution in [0.5, 0.6) is 0 Å². The molecule has 0 heterocycles. The van der Waals surface area contributed by atoms with E-state index in [9.17, 15) is 9.18 Å². The van der Waals surface area contributed by atoms with Crippen LogP contribution >= 0.6 is 0 Å². The van der Waals surface area contributed by atoms with Crippen molar-refractivity contribution in [1.82, 2.24) is 4.90 Å². The van der Waals surface area contributed by atoms with Crippen LogP contribution in [0.4, 0.5) is 4.39 Å². The molecule has 0 radical (unpaired) electrons. The molecule has 116 valence electrons. The maximum atomic E-state index is 13.9. The van der Waals surface area contributed by atoms with Crippen LogP contribution in [0.1, 0.15) is 34.5 Å². The first kappa shape index (κ1) is 16.2. The van der Waals surface area contributed by atoms with Gasteiger partial charge in [0.25, 0.3) is 5.91 Å². The maximum Gasteiger partial charge on any atom is 0.254 e. The summed E-state index contributed by atoms with van der Waals surface area (Å²) in [6, 6.07) is 13.5. The number of rotatable bonds is 5. The van der Waals surface area contributed by atoms with Crippen LogP contribution in [0.3, 0.4) is 0 Å². The molecule has 0 saturated carbocycles. The number of methoxy groups -OCH3 is 1. The lowest BCUT2D eigenvalue weighted by atomic mass is 10.0. The number of amides is 1. The van der Waals surface area contributed by atoms with Crippen molar-refractivity contribution in [3.63, 3.8) is 0 Å². The van der Waals surface area contributed by atoms with Crippen molar-refractivity contribution in [1.29, 1.82) is 0 Å². The minimum Gasteiger partial charge on any atom is -0.380 e. The van der Waals surface area contributed by atoms with Gasteiger partial charge in [-0.1, -0.05) is 30.3 Å². The minimum atomic E-state index is -0.347. The predicted octanol–water partition coefficient (Wildman–Crippen LogP) is 3.81. The molecule has 0 aliphatic carbocycles. The first-order valence-corrected chi connectivity index (χ1v) is 7.14. The molecule has 0 N–H and O–H groups in total. The first-order chi connectivity index (χ1) is 10.5. The number of carbonyl (C=O) groups excluding carboxylic acids is 1. The second-order valence-corrected chi connectivity index (χ2v) is 5.25. The van der Waals surface area contributed by atoms with Gasteiger partial charge in [-0.25, -0.2) is 4.39 Å². The van der Waals surface area contributed by atoms with Crippen LogP contribution in [0.25, 0.3) is 0 Å². The van der Waals surface area contributed by atoms with Gasteiger partial charge in [-0.15, -0.1) is 0 Å². The highest BCUT2D eigenvalue weighted by molar-refractivity contribution is 5.94.